The fourth-order valence-corrected chi connectivity index (χ4v) is 2.52. The summed E-state index contributed by atoms with van der Waals surface area (Å²) in [7, 11) is 0. The van der Waals surface area contributed by atoms with Gasteiger partial charge in [-0.05, 0) is 40.4 Å². The summed E-state index contributed by atoms with van der Waals surface area (Å²) in [6.45, 7) is 2.09. The fraction of sp³-hybridized carbons (Fsp3) is 0.500. The Labute approximate surface area is 97.4 Å². The highest BCUT2D eigenvalue weighted by Crippen LogP contribution is 2.28. The second-order valence-corrected chi connectivity index (χ2v) is 4.73. The van der Waals surface area contributed by atoms with Gasteiger partial charge in [0.15, 0.2) is 0 Å². The summed E-state index contributed by atoms with van der Waals surface area (Å²) in [6, 6.07) is 3.96. The second-order valence-electron chi connectivity index (χ2n) is 3.56. The Morgan fingerprint density at radius 2 is 2.50 bits per heavy atom. The standard InChI is InChI=1S/C10H12BrClN2/c11-9-2-1-4-13-10(9)14-5-3-8(6-12)7-14/h1-2,4,8H,3,5-7H2. The van der Waals surface area contributed by atoms with Crippen LogP contribution in [0.4, 0.5) is 5.82 Å². The van der Waals surface area contributed by atoms with E-state index in [4.69, 9.17) is 11.6 Å². The first-order valence-electron chi connectivity index (χ1n) is 4.72. The molecule has 1 atom stereocenters. The van der Waals surface area contributed by atoms with Gasteiger partial charge in [-0.2, -0.15) is 0 Å². The number of anilines is 1. The number of halogens is 2. The van der Waals surface area contributed by atoms with Gasteiger partial charge in [0, 0.05) is 25.2 Å². The van der Waals surface area contributed by atoms with Gasteiger partial charge in [0.1, 0.15) is 5.82 Å². The number of hydrogen-bond donors (Lipinski definition) is 0. The smallest absolute Gasteiger partial charge is 0.142 e. The van der Waals surface area contributed by atoms with Crippen molar-refractivity contribution in [3.8, 4) is 0 Å². The quantitative estimate of drug-likeness (QED) is 0.772. The maximum Gasteiger partial charge on any atom is 0.142 e. The van der Waals surface area contributed by atoms with Crippen molar-refractivity contribution in [3.05, 3.63) is 22.8 Å². The molecule has 1 saturated heterocycles. The molecule has 1 aromatic heterocycles. The minimum absolute atomic E-state index is 0.616. The Hall–Kier alpha value is -0.280. The van der Waals surface area contributed by atoms with E-state index >= 15 is 0 Å². The molecule has 1 fully saturated rings. The maximum atomic E-state index is 5.84. The SMILES string of the molecule is ClCC1CCN(c2ncccc2Br)C1. The van der Waals surface area contributed by atoms with E-state index in [2.05, 4.69) is 25.8 Å². The van der Waals surface area contributed by atoms with Crippen molar-refractivity contribution < 1.29 is 0 Å². The molecule has 1 unspecified atom stereocenters. The van der Waals surface area contributed by atoms with Gasteiger partial charge in [-0.1, -0.05) is 0 Å². The Balaban J connectivity index is 2.13. The summed E-state index contributed by atoms with van der Waals surface area (Å²) >= 11 is 9.35. The number of aromatic nitrogens is 1. The topological polar surface area (TPSA) is 16.1 Å². The average molecular weight is 276 g/mol. The van der Waals surface area contributed by atoms with Gasteiger partial charge in [0.25, 0.3) is 0 Å². The van der Waals surface area contributed by atoms with Crippen LogP contribution in [-0.4, -0.2) is 24.0 Å². The van der Waals surface area contributed by atoms with E-state index in [1.807, 2.05) is 18.3 Å². The van der Waals surface area contributed by atoms with E-state index in [0.717, 1.165) is 29.3 Å². The molecule has 0 spiro atoms. The molecule has 4 heteroatoms. The highest BCUT2D eigenvalue weighted by atomic mass is 79.9. The summed E-state index contributed by atoms with van der Waals surface area (Å²) in [6.07, 6.45) is 3.00. The lowest BCUT2D eigenvalue weighted by Crippen LogP contribution is -2.21. The summed E-state index contributed by atoms with van der Waals surface area (Å²) in [5, 5.41) is 0. The zero-order valence-electron chi connectivity index (χ0n) is 7.79. The molecule has 0 N–H and O–H groups in total. The number of hydrogen-bond acceptors (Lipinski definition) is 2. The lowest BCUT2D eigenvalue weighted by atomic mass is 10.2. The zero-order chi connectivity index (χ0) is 9.97. The number of alkyl halides is 1. The highest BCUT2D eigenvalue weighted by Gasteiger charge is 2.23. The van der Waals surface area contributed by atoms with Gasteiger partial charge in [0.2, 0.25) is 0 Å². The van der Waals surface area contributed by atoms with Gasteiger partial charge in [-0.15, -0.1) is 11.6 Å². The molecule has 0 radical (unpaired) electrons. The van der Waals surface area contributed by atoms with E-state index in [-0.39, 0.29) is 0 Å². The van der Waals surface area contributed by atoms with E-state index in [1.165, 1.54) is 6.42 Å². The molecule has 0 saturated carbocycles. The Morgan fingerprint density at radius 3 is 3.14 bits per heavy atom. The summed E-state index contributed by atoms with van der Waals surface area (Å²) in [4.78, 5) is 6.65. The molecule has 0 amide bonds. The predicted octanol–water partition coefficient (Wildman–Crippen LogP) is 2.91. The molecular formula is C10H12BrClN2. The van der Waals surface area contributed by atoms with Gasteiger partial charge in [-0.3, -0.25) is 0 Å². The largest absolute Gasteiger partial charge is 0.355 e. The first-order chi connectivity index (χ1) is 6.81. The molecule has 76 valence electrons. The molecule has 1 aliphatic rings. The van der Waals surface area contributed by atoms with Crippen LogP contribution in [0.1, 0.15) is 6.42 Å². The first-order valence-corrected chi connectivity index (χ1v) is 6.05. The Kier molecular flexibility index (Phi) is 3.29. The van der Waals surface area contributed by atoms with Gasteiger partial charge in [0.05, 0.1) is 4.47 Å². The van der Waals surface area contributed by atoms with Gasteiger partial charge >= 0.3 is 0 Å². The average Bonchev–Trinajstić information content (AvgIpc) is 2.67. The van der Waals surface area contributed by atoms with Crippen molar-refractivity contribution in [1.82, 2.24) is 4.98 Å². The minimum Gasteiger partial charge on any atom is -0.355 e. The minimum atomic E-state index is 0.616. The van der Waals surface area contributed by atoms with E-state index in [9.17, 15) is 0 Å². The molecule has 1 aliphatic heterocycles. The van der Waals surface area contributed by atoms with Crippen LogP contribution in [0.15, 0.2) is 22.8 Å². The zero-order valence-corrected chi connectivity index (χ0v) is 10.1. The first kappa shape index (κ1) is 10.2. The lowest BCUT2D eigenvalue weighted by Gasteiger charge is -2.18. The molecule has 2 heterocycles. The highest BCUT2D eigenvalue weighted by molar-refractivity contribution is 9.10. The fourth-order valence-electron chi connectivity index (χ4n) is 1.76. The van der Waals surface area contributed by atoms with Crippen LogP contribution in [0.25, 0.3) is 0 Å². The number of pyridine rings is 1. The molecule has 0 aromatic carbocycles. The van der Waals surface area contributed by atoms with Gasteiger partial charge in [-0.25, -0.2) is 4.98 Å². The number of rotatable bonds is 2. The molecule has 1 aromatic rings. The molecule has 2 nitrogen and oxygen atoms in total. The Morgan fingerprint density at radius 1 is 1.64 bits per heavy atom. The van der Waals surface area contributed by atoms with Crippen LogP contribution in [0, 0.1) is 5.92 Å². The number of nitrogens with zero attached hydrogens (tertiary/aromatic N) is 2. The van der Waals surface area contributed by atoms with Crippen LogP contribution in [0.2, 0.25) is 0 Å². The molecular weight excluding hydrogens is 263 g/mol. The van der Waals surface area contributed by atoms with Crippen LogP contribution < -0.4 is 4.90 Å². The van der Waals surface area contributed by atoms with Crippen LogP contribution in [0.5, 0.6) is 0 Å². The van der Waals surface area contributed by atoms with Crippen molar-refractivity contribution in [3.63, 3.8) is 0 Å². The van der Waals surface area contributed by atoms with Crippen molar-refractivity contribution in [2.75, 3.05) is 23.9 Å². The summed E-state index contributed by atoms with van der Waals surface area (Å²) in [5.41, 5.74) is 0. The lowest BCUT2D eigenvalue weighted by molar-refractivity contribution is 0.666. The van der Waals surface area contributed by atoms with E-state index < -0.39 is 0 Å². The third-order valence-corrected chi connectivity index (χ3v) is 3.60. The molecule has 14 heavy (non-hydrogen) atoms. The van der Waals surface area contributed by atoms with Crippen LogP contribution in [-0.2, 0) is 0 Å². The third kappa shape index (κ3) is 2.04. The van der Waals surface area contributed by atoms with Crippen molar-refractivity contribution in [1.29, 1.82) is 0 Å². The van der Waals surface area contributed by atoms with Crippen LogP contribution in [0.3, 0.4) is 0 Å². The molecule has 0 bridgehead atoms. The van der Waals surface area contributed by atoms with E-state index in [1.54, 1.807) is 0 Å². The second kappa shape index (κ2) is 4.49. The summed E-state index contributed by atoms with van der Waals surface area (Å²) < 4.78 is 1.07. The normalized spacial score (nSPS) is 21.6. The van der Waals surface area contributed by atoms with E-state index in [0.29, 0.717) is 5.92 Å². The maximum absolute atomic E-state index is 5.84. The monoisotopic (exact) mass is 274 g/mol. The van der Waals surface area contributed by atoms with Crippen molar-refractivity contribution in [2.24, 2.45) is 5.92 Å². The predicted molar refractivity (Wildman–Crippen MR) is 63.0 cm³/mol. The molecule has 2 rings (SSSR count). The van der Waals surface area contributed by atoms with Gasteiger partial charge < -0.3 is 4.90 Å². The summed E-state index contributed by atoms with van der Waals surface area (Å²) in [5.74, 6) is 2.41. The van der Waals surface area contributed by atoms with Crippen molar-refractivity contribution >= 4 is 33.3 Å². The Bertz CT molecular complexity index is 319. The van der Waals surface area contributed by atoms with Crippen LogP contribution >= 0.6 is 27.5 Å². The van der Waals surface area contributed by atoms with Crippen molar-refractivity contribution in [2.45, 2.75) is 6.42 Å². The molecule has 0 aliphatic carbocycles. The third-order valence-electron chi connectivity index (χ3n) is 2.54.